The van der Waals surface area contributed by atoms with Crippen molar-refractivity contribution in [1.29, 1.82) is 5.26 Å². The third-order valence-electron chi connectivity index (χ3n) is 3.79. The highest BCUT2D eigenvalue weighted by Crippen LogP contribution is 2.26. The predicted molar refractivity (Wildman–Crippen MR) is 95.8 cm³/mol. The van der Waals surface area contributed by atoms with E-state index in [1.165, 1.54) is 6.07 Å². The van der Waals surface area contributed by atoms with Gasteiger partial charge in [-0.3, -0.25) is 0 Å². The molecule has 1 aromatic heterocycles. The second-order valence-electron chi connectivity index (χ2n) is 5.62. The number of benzene rings is 2. The highest BCUT2D eigenvalue weighted by molar-refractivity contribution is 5.90. The van der Waals surface area contributed by atoms with Crippen LogP contribution in [0, 0.1) is 18.3 Å². The molecule has 3 aromatic rings. The summed E-state index contributed by atoms with van der Waals surface area (Å²) in [6.45, 7) is 1.99. The molecule has 0 aliphatic heterocycles. The zero-order chi connectivity index (χ0) is 17.8. The molecule has 122 valence electrons. The lowest BCUT2D eigenvalue weighted by molar-refractivity contribution is 0.0697. The molecule has 0 spiro atoms. The number of aromatic carboxylic acids is 1. The Balaban J connectivity index is 1.93. The molecule has 0 bridgehead atoms. The average Bonchev–Trinajstić information content (AvgIpc) is 3.09. The number of hydrogen-bond acceptors (Lipinski definition) is 3. The van der Waals surface area contributed by atoms with Gasteiger partial charge in [-0.05, 0) is 42.8 Å². The van der Waals surface area contributed by atoms with E-state index in [2.05, 4.69) is 6.07 Å². The van der Waals surface area contributed by atoms with E-state index in [-0.39, 0.29) is 5.56 Å². The fourth-order valence-electron chi connectivity index (χ4n) is 2.45. The van der Waals surface area contributed by atoms with Crippen LogP contribution in [0.5, 0.6) is 0 Å². The zero-order valence-electron chi connectivity index (χ0n) is 13.6. The van der Waals surface area contributed by atoms with E-state index in [0.717, 1.165) is 11.1 Å². The van der Waals surface area contributed by atoms with Crippen LogP contribution in [-0.4, -0.2) is 11.1 Å². The number of carboxylic acid groups (broad SMARTS) is 1. The van der Waals surface area contributed by atoms with Crippen LogP contribution in [0.3, 0.4) is 0 Å². The number of nitriles is 1. The highest BCUT2D eigenvalue weighted by Gasteiger charge is 2.09. The molecule has 0 fully saturated rings. The molecule has 4 nitrogen and oxygen atoms in total. The van der Waals surface area contributed by atoms with Crippen molar-refractivity contribution in [2.24, 2.45) is 0 Å². The van der Waals surface area contributed by atoms with Gasteiger partial charge in [-0.25, -0.2) is 4.79 Å². The third-order valence-corrected chi connectivity index (χ3v) is 3.79. The number of nitrogens with zero attached hydrogens (tertiary/aromatic N) is 1. The number of furan rings is 1. The van der Waals surface area contributed by atoms with Gasteiger partial charge in [-0.2, -0.15) is 5.26 Å². The molecule has 0 radical (unpaired) electrons. The van der Waals surface area contributed by atoms with Gasteiger partial charge >= 0.3 is 5.97 Å². The summed E-state index contributed by atoms with van der Waals surface area (Å²) in [5, 5.41) is 18.5. The Morgan fingerprint density at radius 1 is 1.08 bits per heavy atom. The smallest absolute Gasteiger partial charge is 0.335 e. The summed E-state index contributed by atoms with van der Waals surface area (Å²) in [6, 6.07) is 19.9. The lowest BCUT2D eigenvalue weighted by atomic mass is 10.0. The van der Waals surface area contributed by atoms with Crippen molar-refractivity contribution >= 4 is 17.6 Å². The second-order valence-corrected chi connectivity index (χ2v) is 5.62. The normalized spacial score (nSPS) is 11.1. The van der Waals surface area contributed by atoms with Crippen molar-refractivity contribution in [3.8, 4) is 17.4 Å². The average molecular weight is 329 g/mol. The minimum Gasteiger partial charge on any atom is -0.478 e. The number of carboxylic acids is 1. The first kappa shape index (κ1) is 16.3. The van der Waals surface area contributed by atoms with Crippen molar-refractivity contribution in [3.63, 3.8) is 0 Å². The van der Waals surface area contributed by atoms with Crippen LogP contribution >= 0.6 is 0 Å². The van der Waals surface area contributed by atoms with Gasteiger partial charge < -0.3 is 9.52 Å². The van der Waals surface area contributed by atoms with Gasteiger partial charge in [-0.1, -0.05) is 42.0 Å². The summed E-state index contributed by atoms with van der Waals surface area (Å²) >= 11 is 0. The Hall–Kier alpha value is -3.58. The number of carbonyl (C=O) groups is 1. The van der Waals surface area contributed by atoms with E-state index >= 15 is 0 Å². The van der Waals surface area contributed by atoms with Crippen molar-refractivity contribution in [2.75, 3.05) is 0 Å². The summed E-state index contributed by atoms with van der Waals surface area (Å²) in [4.78, 5) is 11.1. The molecule has 25 heavy (non-hydrogen) atoms. The van der Waals surface area contributed by atoms with Crippen LogP contribution in [-0.2, 0) is 0 Å². The Kier molecular flexibility index (Phi) is 4.49. The van der Waals surface area contributed by atoms with E-state index in [0.29, 0.717) is 22.7 Å². The standard InChI is InChI=1S/C21H15NO3/c1-14-5-7-15(8-6-14)18(13-22)12-19-9-10-20(25-19)16-3-2-4-17(11-16)21(23)24/h2-12H,1H3,(H,23,24)/b18-12+. The van der Waals surface area contributed by atoms with Gasteiger partial charge in [-0.15, -0.1) is 0 Å². The van der Waals surface area contributed by atoms with Gasteiger partial charge in [0.1, 0.15) is 11.5 Å². The molecular weight excluding hydrogens is 314 g/mol. The quantitative estimate of drug-likeness (QED) is 0.682. The molecular formula is C21H15NO3. The molecule has 1 N–H and O–H groups in total. The fourth-order valence-corrected chi connectivity index (χ4v) is 2.45. The van der Waals surface area contributed by atoms with Crippen molar-refractivity contribution in [1.82, 2.24) is 0 Å². The first-order valence-electron chi connectivity index (χ1n) is 7.69. The fraction of sp³-hybridized carbons (Fsp3) is 0.0476. The predicted octanol–water partition coefficient (Wildman–Crippen LogP) is 5.02. The van der Waals surface area contributed by atoms with Crippen LogP contribution in [0.2, 0.25) is 0 Å². The Morgan fingerprint density at radius 2 is 1.84 bits per heavy atom. The number of allylic oxidation sites excluding steroid dienone is 1. The van der Waals surface area contributed by atoms with Crippen molar-refractivity contribution in [2.45, 2.75) is 6.92 Å². The van der Waals surface area contributed by atoms with E-state index in [9.17, 15) is 10.1 Å². The molecule has 1 heterocycles. The molecule has 0 saturated heterocycles. The van der Waals surface area contributed by atoms with Crippen molar-refractivity contribution < 1.29 is 14.3 Å². The molecule has 0 unspecified atom stereocenters. The lowest BCUT2D eigenvalue weighted by Crippen LogP contribution is -1.95. The molecule has 2 aromatic carbocycles. The first-order chi connectivity index (χ1) is 12.1. The molecule has 0 amide bonds. The molecule has 0 saturated carbocycles. The van der Waals surface area contributed by atoms with Crippen LogP contribution in [0.25, 0.3) is 23.0 Å². The maximum absolute atomic E-state index is 11.1. The Labute approximate surface area is 145 Å². The number of hydrogen-bond donors (Lipinski definition) is 1. The van der Waals surface area contributed by atoms with Crippen LogP contribution in [0.1, 0.15) is 27.2 Å². The number of aryl methyl sites for hydroxylation is 1. The van der Waals surface area contributed by atoms with E-state index in [4.69, 9.17) is 9.52 Å². The largest absolute Gasteiger partial charge is 0.478 e. The maximum Gasteiger partial charge on any atom is 0.335 e. The van der Waals surface area contributed by atoms with Crippen LogP contribution in [0.4, 0.5) is 0 Å². The van der Waals surface area contributed by atoms with Crippen LogP contribution in [0.15, 0.2) is 65.1 Å². The summed E-state index contributed by atoms with van der Waals surface area (Å²) < 4.78 is 5.76. The zero-order valence-corrected chi connectivity index (χ0v) is 13.6. The Bertz CT molecular complexity index is 988. The Morgan fingerprint density at radius 3 is 2.52 bits per heavy atom. The molecule has 4 heteroatoms. The summed E-state index contributed by atoms with van der Waals surface area (Å²) in [7, 11) is 0. The third kappa shape index (κ3) is 3.67. The van der Waals surface area contributed by atoms with Gasteiger partial charge in [0.05, 0.1) is 17.2 Å². The summed E-state index contributed by atoms with van der Waals surface area (Å²) in [5.41, 5.74) is 3.32. The van der Waals surface area contributed by atoms with E-state index in [1.807, 2.05) is 31.2 Å². The maximum atomic E-state index is 11.1. The molecule has 0 atom stereocenters. The lowest BCUT2D eigenvalue weighted by Gasteiger charge is -2.00. The summed E-state index contributed by atoms with van der Waals surface area (Å²) in [6.07, 6.45) is 1.68. The van der Waals surface area contributed by atoms with Gasteiger partial charge in [0, 0.05) is 5.56 Å². The van der Waals surface area contributed by atoms with Crippen molar-refractivity contribution in [3.05, 3.63) is 83.1 Å². The monoisotopic (exact) mass is 329 g/mol. The van der Waals surface area contributed by atoms with E-state index in [1.54, 1.807) is 36.4 Å². The van der Waals surface area contributed by atoms with Gasteiger partial charge in [0.15, 0.2) is 0 Å². The highest BCUT2D eigenvalue weighted by atomic mass is 16.4. The topological polar surface area (TPSA) is 74.2 Å². The summed E-state index contributed by atoms with van der Waals surface area (Å²) in [5.74, 6) is 0.100. The number of rotatable bonds is 4. The van der Waals surface area contributed by atoms with Crippen LogP contribution < -0.4 is 0 Å². The van der Waals surface area contributed by atoms with E-state index < -0.39 is 5.97 Å². The second kappa shape index (κ2) is 6.90. The molecule has 3 rings (SSSR count). The SMILES string of the molecule is Cc1ccc(/C(C#N)=C/c2ccc(-c3cccc(C(=O)O)c3)o2)cc1. The van der Waals surface area contributed by atoms with Gasteiger partial charge in [0.2, 0.25) is 0 Å². The van der Waals surface area contributed by atoms with Gasteiger partial charge in [0.25, 0.3) is 0 Å². The minimum atomic E-state index is -0.986. The molecule has 0 aliphatic rings. The molecule has 0 aliphatic carbocycles. The minimum absolute atomic E-state index is 0.198. The first-order valence-corrected chi connectivity index (χ1v) is 7.69.